The van der Waals surface area contributed by atoms with Crippen LogP contribution in [0.5, 0.6) is 0 Å². The Kier molecular flexibility index (Phi) is 8.23. The van der Waals surface area contributed by atoms with E-state index in [-0.39, 0.29) is 23.6 Å². The van der Waals surface area contributed by atoms with Gasteiger partial charge in [0.15, 0.2) is 5.65 Å². The fraction of sp³-hybridized carbons (Fsp3) is 0.464. The minimum Gasteiger partial charge on any atom is -0.395 e. The number of carbonyl (C=O) groups is 1. The number of allylic oxidation sites excluding steroid dienone is 1. The van der Waals surface area contributed by atoms with Gasteiger partial charge in [0.1, 0.15) is 16.2 Å². The number of rotatable bonds is 8. The molecule has 5 heterocycles. The Morgan fingerprint density at radius 2 is 2.11 bits per heavy atom. The van der Waals surface area contributed by atoms with Crippen LogP contribution in [0.25, 0.3) is 28.0 Å². The zero-order chi connectivity index (χ0) is 26.6. The highest BCUT2D eigenvalue weighted by atomic mass is 32.1. The number of thiazole rings is 1. The van der Waals surface area contributed by atoms with E-state index in [0.717, 1.165) is 55.3 Å². The molecule has 1 atom stereocenters. The molecule has 0 radical (unpaired) electrons. The molecular formula is C28H35N5O4S. The number of anilines is 1. The quantitative estimate of drug-likeness (QED) is 0.456. The van der Waals surface area contributed by atoms with Crippen LogP contribution in [0.2, 0.25) is 0 Å². The third-order valence-corrected chi connectivity index (χ3v) is 8.55. The molecule has 38 heavy (non-hydrogen) atoms. The van der Waals surface area contributed by atoms with Crippen molar-refractivity contribution in [1.29, 1.82) is 0 Å². The smallest absolute Gasteiger partial charge is 0.258 e. The van der Waals surface area contributed by atoms with E-state index in [0.29, 0.717) is 42.2 Å². The number of piperidine rings is 1. The van der Waals surface area contributed by atoms with Crippen molar-refractivity contribution in [2.24, 2.45) is 0 Å². The Labute approximate surface area is 226 Å². The number of carbonyl (C=O) groups excluding carboxylic acids is 1. The first-order valence-corrected chi connectivity index (χ1v) is 14.1. The van der Waals surface area contributed by atoms with Gasteiger partial charge in [-0.3, -0.25) is 18.9 Å². The molecule has 0 spiro atoms. The summed E-state index contributed by atoms with van der Waals surface area (Å²) in [6, 6.07) is 3.76. The number of aliphatic hydroxyl groups is 1. The molecule has 1 unspecified atom stereocenters. The zero-order valence-electron chi connectivity index (χ0n) is 21.8. The number of pyridine rings is 2. The lowest BCUT2D eigenvalue weighted by atomic mass is 10.0. The summed E-state index contributed by atoms with van der Waals surface area (Å²) < 4.78 is 7.41. The van der Waals surface area contributed by atoms with Gasteiger partial charge in [0.25, 0.3) is 5.91 Å². The number of morpholine rings is 1. The first kappa shape index (κ1) is 26.6. The van der Waals surface area contributed by atoms with Crippen molar-refractivity contribution in [3.63, 3.8) is 0 Å². The van der Waals surface area contributed by atoms with E-state index in [1.165, 1.54) is 11.3 Å². The van der Waals surface area contributed by atoms with Crippen LogP contribution in [0, 0.1) is 0 Å². The number of likely N-dealkylation sites (tertiary alicyclic amines) is 1. The summed E-state index contributed by atoms with van der Waals surface area (Å²) in [5, 5.41) is 13.1. The summed E-state index contributed by atoms with van der Waals surface area (Å²) in [5.41, 5.74) is 1.17. The Hall–Kier alpha value is -3.05. The highest BCUT2D eigenvalue weighted by molar-refractivity contribution is 7.19. The fourth-order valence-electron chi connectivity index (χ4n) is 5.40. The summed E-state index contributed by atoms with van der Waals surface area (Å²) in [7, 11) is 0. The molecule has 1 amide bonds. The minimum absolute atomic E-state index is 0.118. The first-order valence-electron chi connectivity index (χ1n) is 13.3. The SMILES string of the molecule is C=Cc1sc2c(C(=O)NCCN3CCCCC3CO)c(=O)c3ccc(N4CCOCC4)nc3n2c1/C=C\C. The third-order valence-electron chi connectivity index (χ3n) is 7.38. The molecule has 2 aliphatic heterocycles. The second kappa shape index (κ2) is 11.8. The van der Waals surface area contributed by atoms with E-state index in [1.54, 1.807) is 12.1 Å². The topological polar surface area (TPSA) is 99.4 Å². The van der Waals surface area contributed by atoms with Crippen molar-refractivity contribution in [2.45, 2.75) is 32.2 Å². The molecule has 2 saturated heterocycles. The molecule has 0 aromatic carbocycles. The van der Waals surface area contributed by atoms with Crippen LogP contribution in [-0.4, -0.2) is 83.9 Å². The van der Waals surface area contributed by atoms with Crippen LogP contribution in [0.3, 0.4) is 0 Å². The molecule has 3 aromatic rings. The van der Waals surface area contributed by atoms with E-state index in [2.05, 4.69) is 21.7 Å². The lowest BCUT2D eigenvalue weighted by molar-refractivity contribution is 0.0849. The number of nitrogens with one attached hydrogen (secondary N) is 1. The monoisotopic (exact) mass is 537 g/mol. The van der Waals surface area contributed by atoms with E-state index < -0.39 is 5.91 Å². The third kappa shape index (κ3) is 5.01. The van der Waals surface area contributed by atoms with Crippen molar-refractivity contribution in [1.82, 2.24) is 19.6 Å². The maximum Gasteiger partial charge on any atom is 0.258 e. The number of nitrogens with zero attached hydrogens (tertiary/aromatic N) is 4. The van der Waals surface area contributed by atoms with Crippen molar-refractivity contribution in [3.8, 4) is 0 Å². The first-order chi connectivity index (χ1) is 18.6. The fourth-order valence-corrected chi connectivity index (χ4v) is 6.52. The Balaban J connectivity index is 1.56. The van der Waals surface area contributed by atoms with Crippen LogP contribution in [0.4, 0.5) is 5.82 Å². The molecule has 2 fully saturated rings. The predicted molar refractivity (Wildman–Crippen MR) is 153 cm³/mol. The van der Waals surface area contributed by atoms with E-state index >= 15 is 0 Å². The van der Waals surface area contributed by atoms with Gasteiger partial charge in [0.2, 0.25) is 5.43 Å². The van der Waals surface area contributed by atoms with Gasteiger partial charge in [-0.2, -0.15) is 0 Å². The standard InChI is InChI=1S/C28H35N5O4S/c1-3-7-21-22(4-2)38-28-24(27(36)29-11-13-31-12-6-5-8-19(31)18-34)25(35)20-9-10-23(30-26(20)33(21)28)32-14-16-37-17-15-32/h3-4,7,9-10,19,34H,2,5-6,8,11-18H2,1H3,(H,29,36)/b7-3-. The molecule has 0 aliphatic carbocycles. The van der Waals surface area contributed by atoms with Gasteiger partial charge in [-0.05, 0) is 50.6 Å². The van der Waals surface area contributed by atoms with Gasteiger partial charge in [0.05, 0.1) is 35.8 Å². The largest absolute Gasteiger partial charge is 0.395 e. The highest BCUT2D eigenvalue weighted by Crippen LogP contribution is 2.31. The minimum atomic E-state index is -0.395. The van der Waals surface area contributed by atoms with Gasteiger partial charge >= 0.3 is 0 Å². The molecule has 5 rings (SSSR count). The van der Waals surface area contributed by atoms with Crippen LogP contribution >= 0.6 is 11.3 Å². The molecule has 0 saturated carbocycles. The predicted octanol–water partition coefficient (Wildman–Crippen LogP) is 3.00. The van der Waals surface area contributed by atoms with Gasteiger partial charge in [-0.25, -0.2) is 4.98 Å². The maximum atomic E-state index is 13.8. The van der Waals surface area contributed by atoms with E-state index in [4.69, 9.17) is 9.72 Å². The second-order valence-corrected chi connectivity index (χ2v) is 10.7. The normalized spacial score (nSPS) is 19.0. The van der Waals surface area contributed by atoms with E-state index in [9.17, 15) is 14.7 Å². The van der Waals surface area contributed by atoms with Crippen molar-refractivity contribution < 1.29 is 14.6 Å². The average Bonchev–Trinajstić information content (AvgIpc) is 3.31. The van der Waals surface area contributed by atoms with Gasteiger partial charge in [-0.1, -0.05) is 19.1 Å². The summed E-state index contributed by atoms with van der Waals surface area (Å²) in [6.45, 7) is 10.7. The average molecular weight is 538 g/mol. The summed E-state index contributed by atoms with van der Waals surface area (Å²) in [4.78, 5) is 38.0. The van der Waals surface area contributed by atoms with Gasteiger partial charge in [-0.15, -0.1) is 11.3 Å². The Bertz CT molecular complexity index is 1420. The van der Waals surface area contributed by atoms with Gasteiger partial charge < -0.3 is 20.1 Å². The van der Waals surface area contributed by atoms with Crippen molar-refractivity contribution in [3.05, 3.63) is 51.1 Å². The van der Waals surface area contributed by atoms with E-state index in [1.807, 2.05) is 29.5 Å². The Morgan fingerprint density at radius 1 is 1.29 bits per heavy atom. The second-order valence-electron chi connectivity index (χ2n) is 9.66. The lowest BCUT2D eigenvalue weighted by Gasteiger charge is -2.34. The number of amides is 1. The number of hydrogen-bond acceptors (Lipinski definition) is 8. The molecule has 202 valence electrons. The number of fused-ring (bicyclic) bond motifs is 3. The molecule has 9 nitrogen and oxygen atoms in total. The maximum absolute atomic E-state index is 13.8. The molecular weight excluding hydrogens is 502 g/mol. The molecule has 2 N–H and O–H groups in total. The van der Waals surface area contributed by atoms with Crippen LogP contribution in [0.1, 0.15) is 47.1 Å². The molecule has 10 heteroatoms. The lowest BCUT2D eigenvalue weighted by Crippen LogP contribution is -2.45. The molecule has 0 bridgehead atoms. The highest BCUT2D eigenvalue weighted by Gasteiger charge is 2.26. The van der Waals surface area contributed by atoms with Crippen molar-refractivity contribution in [2.75, 3.05) is 57.4 Å². The number of aromatic nitrogens is 2. The van der Waals surface area contributed by atoms with Crippen LogP contribution in [-0.2, 0) is 4.74 Å². The van der Waals surface area contributed by atoms with Crippen LogP contribution < -0.4 is 15.6 Å². The Morgan fingerprint density at radius 3 is 2.84 bits per heavy atom. The van der Waals surface area contributed by atoms with Crippen LogP contribution in [0.15, 0.2) is 29.6 Å². The number of ether oxygens (including phenoxy) is 1. The number of aliphatic hydroxyl groups excluding tert-OH is 1. The zero-order valence-corrected chi connectivity index (χ0v) is 22.6. The summed E-state index contributed by atoms with van der Waals surface area (Å²) in [5.74, 6) is 0.386. The summed E-state index contributed by atoms with van der Waals surface area (Å²) >= 11 is 1.37. The number of hydrogen-bond donors (Lipinski definition) is 2. The van der Waals surface area contributed by atoms with Crippen molar-refractivity contribution >= 4 is 51.1 Å². The van der Waals surface area contributed by atoms with Gasteiger partial charge in [0, 0.05) is 32.2 Å². The molecule has 2 aliphatic rings. The summed E-state index contributed by atoms with van der Waals surface area (Å²) in [6.07, 6.45) is 8.80. The molecule has 3 aromatic heterocycles.